The van der Waals surface area contributed by atoms with E-state index in [9.17, 15) is 13.4 Å². The topological polar surface area (TPSA) is 86.3 Å². The minimum Gasteiger partial charge on any atom is -0.489 e. The Labute approximate surface area is 239 Å². The first-order chi connectivity index (χ1) is 19.3. The van der Waals surface area contributed by atoms with Crippen LogP contribution < -0.4 is 19.7 Å². The minimum atomic E-state index is -1.07. The van der Waals surface area contributed by atoms with Gasteiger partial charge in [-0.2, -0.15) is 0 Å². The van der Waals surface area contributed by atoms with Crippen molar-refractivity contribution in [3.8, 4) is 5.75 Å². The molecule has 1 aliphatic carbocycles. The fourth-order valence-electron chi connectivity index (χ4n) is 6.12. The maximum Gasteiger partial charge on any atom is 0.328 e. The molecule has 2 aromatic carbocycles. The van der Waals surface area contributed by atoms with Crippen LogP contribution in [-0.2, 0) is 17.5 Å². The van der Waals surface area contributed by atoms with E-state index in [1.807, 2.05) is 19.1 Å². The van der Waals surface area contributed by atoms with Crippen LogP contribution in [0.25, 0.3) is 0 Å². The number of piperidine rings is 1. The summed E-state index contributed by atoms with van der Waals surface area (Å²) in [6.45, 7) is 4.76. The number of hydrogen-bond donors (Lipinski definition) is 2. The lowest BCUT2D eigenvalue weighted by atomic mass is 9.84. The van der Waals surface area contributed by atoms with Gasteiger partial charge in [-0.1, -0.05) is 37.5 Å². The van der Waals surface area contributed by atoms with E-state index in [0.29, 0.717) is 25.1 Å². The quantitative estimate of drug-likeness (QED) is 0.456. The molecule has 2 aliphatic heterocycles. The first-order valence-corrected chi connectivity index (χ1v) is 15.9. The molecule has 0 radical (unpaired) electrons. The molecule has 2 amide bonds. The van der Waals surface area contributed by atoms with Crippen LogP contribution in [0.4, 0.5) is 14.9 Å². The number of anilines is 1. The highest BCUT2D eigenvalue weighted by Crippen LogP contribution is 2.39. The summed E-state index contributed by atoms with van der Waals surface area (Å²) in [5.74, 6) is 1.18. The van der Waals surface area contributed by atoms with Gasteiger partial charge in [0.25, 0.3) is 0 Å². The Bertz CT molecular complexity index is 1240. The number of ether oxygens (including phenoxy) is 1. The summed E-state index contributed by atoms with van der Waals surface area (Å²) >= 11 is 0. The number of aliphatic imine (C=N–C) groups is 1. The number of likely N-dealkylation sites (tertiary alicyclic amines) is 1. The molecule has 2 atom stereocenters. The van der Waals surface area contributed by atoms with Crippen molar-refractivity contribution in [2.24, 2.45) is 4.99 Å². The van der Waals surface area contributed by atoms with Crippen molar-refractivity contribution in [2.75, 3.05) is 30.8 Å². The van der Waals surface area contributed by atoms with Crippen molar-refractivity contribution in [1.29, 1.82) is 0 Å². The Hall–Kier alpha value is -2.82. The molecule has 0 aromatic heterocycles. The molecule has 1 saturated carbocycles. The molecule has 2 unspecified atom stereocenters. The lowest BCUT2D eigenvalue weighted by molar-refractivity contribution is 0.183. The number of amidine groups is 1. The van der Waals surface area contributed by atoms with E-state index in [2.05, 4.69) is 27.1 Å². The number of nitrogens with one attached hydrogen (secondary N) is 2. The molecule has 3 aliphatic rings. The standard InChI is InChI=1S/C30H40FN5O3S/c1-22(20-32-40(2)38)39-27-13-6-8-23(18-27)21-35-16-14-30(15-17-35)28(33-25-10-4-3-5-11-25)34-29(37)36(30)26-12-7-9-24(31)19-26/h6-9,12-13,18-19,22,25,32H,3-5,10-11,14-17,20-21H2,1-2H3,(H,33,34,37). The Morgan fingerprint density at radius 2 is 1.90 bits per heavy atom. The first kappa shape index (κ1) is 28.7. The molecule has 3 fully saturated rings. The third-order valence-electron chi connectivity index (χ3n) is 8.15. The van der Waals surface area contributed by atoms with E-state index in [0.717, 1.165) is 49.6 Å². The summed E-state index contributed by atoms with van der Waals surface area (Å²) in [5.41, 5.74) is 1.11. The molecule has 40 heavy (non-hydrogen) atoms. The van der Waals surface area contributed by atoms with E-state index in [-0.39, 0.29) is 24.0 Å². The second-order valence-corrected chi connectivity index (χ2v) is 12.4. The van der Waals surface area contributed by atoms with Gasteiger partial charge in [-0.25, -0.2) is 18.1 Å². The van der Waals surface area contributed by atoms with Crippen molar-refractivity contribution in [3.05, 3.63) is 59.9 Å². The Morgan fingerprint density at radius 3 is 2.62 bits per heavy atom. The third kappa shape index (κ3) is 6.72. The first-order valence-electron chi connectivity index (χ1n) is 14.3. The fourth-order valence-corrected chi connectivity index (χ4v) is 6.59. The number of halogens is 1. The number of benzene rings is 2. The molecule has 8 nitrogen and oxygen atoms in total. The van der Waals surface area contributed by atoms with Crippen LogP contribution in [0, 0.1) is 5.82 Å². The summed E-state index contributed by atoms with van der Waals surface area (Å²) in [6, 6.07) is 14.4. The largest absolute Gasteiger partial charge is 0.489 e. The number of hydrogen-bond acceptors (Lipinski definition) is 5. The van der Waals surface area contributed by atoms with Crippen LogP contribution in [0.1, 0.15) is 57.4 Å². The van der Waals surface area contributed by atoms with Gasteiger partial charge in [-0.05, 0) is 68.5 Å². The summed E-state index contributed by atoms with van der Waals surface area (Å²) in [6.07, 6.45) is 8.58. The maximum atomic E-state index is 14.2. The predicted molar refractivity (Wildman–Crippen MR) is 158 cm³/mol. The third-order valence-corrected chi connectivity index (χ3v) is 8.72. The van der Waals surface area contributed by atoms with Gasteiger partial charge < -0.3 is 4.74 Å². The van der Waals surface area contributed by atoms with E-state index in [1.165, 1.54) is 31.4 Å². The number of nitrogens with zero attached hydrogens (tertiary/aromatic N) is 3. The Kier molecular flexibility index (Phi) is 9.17. The summed E-state index contributed by atoms with van der Waals surface area (Å²) in [7, 11) is -1.07. The molecule has 2 aromatic rings. The highest BCUT2D eigenvalue weighted by molar-refractivity contribution is 7.82. The van der Waals surface area contributed by atoms with Crippen molar-refractivity contribution < 1.29 is 18.1 Å². The van der Waals surface area contributed by atoms with Crippen LogP contribution in [0.3, 0.4) is 0 Å². The number of amides is 2. The number of carbonyl (C=O) groups is 1. The molecule has 2 saturated heterocycles. The normalized spacial score (nSPS) is 22.4. The molecular formula is C30H40FN5O3S. The SMILES string of the molecule is CC(CNS(C)=O)Oc1cccc(CN2CCC3(CC2)C(=NC2CCCCC2)NC(=O)N3c2cccc(F)c2)c1. The van der Waals surface area contributed by atoms with Gasteiger partial charge in [-0.3, -0.25) is 20.1 Å². The van der Waals surface area contributed by atoms with Crippen LogP contribution in [0.5, 0.6) is 5.75 Å². The van der Waals surface area contributed by atoms with Crippen LogP contribution in [-0.4, -0.2) is 64.6 Å². The van der Waals surface area contributed by atoms with E-state index < -0.39 is 16.5 Å². The van der Waals surface area contributed by atoms with Crippen molar-refractivity contribution >= 4 is 28.5 Å². The Morgan fingerprint density at radius 1 is 1.15 bits per heavy atom. The zero-order valence-corrected chi connectivity index (χ0v) is 24.2. The lowest BCUT2D eigenvalue weighted by Crippen LogP contribution is -2.57. The maximum absolute atomic E-state index is 14.2. The summed E-state index contributed by atoms with van der Waals surface area (Å²) in [4.78, 5) is 22.6. The van der Waals surface area contributed by atoms with Gasteiger partial charge in [0.05, 0.1) is 17.0 Å². The molecule has 0 bridgehead atoms. The summed E-state index contributed by atoms with van der Waals surface area (Å²) in [5, 5.41) is 3.09. The van der Waals surface area contributed by atoms with E-state index >= 15 is 0 Å². The molecule has 10 heteroatoms. The monoisotopic (exact) mass is 569 g/mol. The second kappa shape index (κ2) is 12.8. The van der Waals surface area contributed by atoms with Gasteiger partial charge in [0.1, 0.15) is 29.0 Å². The van der Waals surface area contributed by atoms with Gasteiger partial charge in [0, 0.05) is 38.1 Å². The zero-order valence-electron chi connectivity index (χ0n) is 23.4. The van der Waals surface area contributed by atoms with Crippen LogP contribution in [0.2, 0.25) is 0 Å². The van der Waals surface area contributed by atoms with Crippen molar-refractivity contribution in [1.82, 2.24) is 14.9 Å². The highest BCUT2D eigenvalue weighted by Gasteiger charge is 2.53. The van der Waals surface area contributed by atoms with E-state index in [1.54, 1.807) is 23.3 Å². The lowest BCUT2D eigenvalue weighted by Gasteiger charge is -2.44. The van der Waals surface area contributed by atoms with Crippen LogP contribution >= 0.6 is 0 Å². The van der Waals surface area contributed by atoms with Crippen molar-refractivity contribution in [2.45, 2.75) is 76.1 Å². The molecule has 2 heterocycles. The minimum absolute atomic E-state index is 0.114. The average Bonchev–Trinajstić information content (AvgIpc) is 3.19. The number of carbonyl (C=O) groups excluding carboxylic acids is 1. The second-order valence-electron chi connectivity index (χ2n) is 11.2. The number of rotatable bonds is 9. The smallest absolute Gasteiger partial charge is 0.328 e. The van der Waals surface area contributed by atoms with Gasteiger partial charge >= 0.3 is 6.03 Å². The Balaban J connectivity index is 1.31. The van der Waals surface area contributed by atoms with Gasteiger partial charge in [0.2, 0.25) is 0 Å². The predicted octanol–water partition coefficient (Wildman–Crippen LogP) is 4.77. The molecule has 5 rings (SSSR count). The van der Waals surface area contributed by atoms with Gasteiger partial charge in [0.15, 0.2) is 0 Å². The number of urea groups is 1. The molecule has 1 spiro atoms. The van der Waals surface area contributed by atoms with Gasteiger partial charge in [-0.15, -0.1) is 0 Å². The highest BCUT2D eigenvalue weighted by atomic mass is 32.2. The zero-order chi connectivity index (χ0) is 28.1. The molecule has 2 N–H and O–H groups in total. The molecule has 216 valence electrons. The molecular weight excluding hydrogens is 529 g/mol. The van der Waals surface area contributed by atoms with Crippen molar-refractivity contribution in [3.63, 3.8) is 0 Å². The van der Waals surface area contributed by atoms with E-state index in [4.69, 9.17) is 9.73 Å². The van der Waals surface area contributed by atoms with Crippen LogP contribution in [0.15, 0.2) is 53.5 Å². The fraction of sp³-hybridized carbons (Fsp3) is 0.533. The summed E-state index contributed by atoms with van der Waals surface area (Å²) < 4.78 is 34.5. The average molecular weight is 570 g/mol.